The lowest BCUT2D eigenvalue weighted by atomic mass is 9.79. The lowest BCUT2D eigenvalue weighted by Crippen LogP contribution is -2.60. The van der Waals surface area contributed by atoms with Crippen LogP contribution in [0.2, 0.25) is 0 Å². The van der Waals surface area contributed by atoms with Crippen LogP contribution < -0.4 is 20.1 Å². The quantitative estimate of drug-likeness (QED) is 0.186. The first-order valence-corrected chi connectivity index (χ1v) is 16.3. The fourth-order valence-electron chi connectivity index (χ4n) is 6.95. The van der Waals surface area contributed by atoms with E-state index in [2.05, 4.69) is 15.0 Å². The van der Waals surface area contributed by atoms with E-state index in [4.69, 9.17) is 24.7 Å². The van der Waals surface area contributed by atoms with Crippen molar-refractivity contribution in [2.45, 2.75) is 36.6 Å². The summed E-state index contributed by atoms with van der Waals surface area (Å²) in [6.45, 7) is -1.06. The predicted molar refractivity (Wildman–Crippen MR) is 182 cm³/mol. The Bertz CT molecular complexity index is 2150. The molecular weight excluding hydrogens is 678 g/mol. The summed E-state index contributed by atoms with van der Waals surface area (Å²) in [4.78, 5) is 55.0. The van der Waals surface area contributed by atoms with Crippen molar-refractivity contribution in [2.24, 2.45) is 20.7 Å². The second-order valence-corrected chi connectivity index (χ2v) is 12.4. The Morgan fingerprint density at radius 3 is 2.44 bits per heavy atom. The van der Waals surface area contributed by atoms with Crippen molar-refractivity contribution >= 4 is 40.7 Å². The van der Waals surface area contributed by atoms with Crippen LogP contribution >= 0.6 is 0 Å². The predicted octanol–water partition coefficient (Wildman–Crippen LogP) is 0.167. The molecule has 6 N–H and O–H groups in total. The number of amides is 1. The van der Waals surface area contributed by atoms with Crippen LogP contribution in [-0.2, 0) is 14.3 Å². The second kappa shape index (κ2) is 13.1. The first kappa shape index (κ1) is 33.4. The highest BCUT2D eigenvalue weighted by Crippen LogP contribution is 2.49. The molecule has 2 bridgehead atoms. The largest absolute Gasteiger partial charge is 0.499 e. The van der Waals surface area contributed by atoms with Gasteiger partial charge in [-0.1, -0.05) is 42.5 Å². The van der Waals surface area contributed by atoms with E-state index in [1.807, 2.05) is 0 Å². The molecule has 8 rings (SSSR count). The van der Waals surface area contributed by atoms with Crippen molar-refractivity contribution in [3.63, 3.8) is 0 Å². The maximum atomic E-state index is 14.2. The number of aliphatic imine (C=N–C) groups is 3. The molecule has 3 aromatic carbocycles. The summed E-state index contributed by atoms with van der Waals surface area (Å²) in [6, 6.07) is 14.9. The number of fused-ring (bicyclic) bond motifs is 6. The van der Waals surface area contributed by atoms with E-state index < -0.39 is 60.7 Å². The van der Waals surface area contributed by atoms with E-state index >= 15 is 0 Å². The number of amidine groups is 1. The standard InChI is InChI=1S/C36H31N5O11/c37-36-39-33-25(34(48)40-36)38-15-41(33)22-8-4-3-5-17(22)16-9-11-49-14-23-28(45)29(46)30(47)35(51-23)52-31-20(16)13-21-24(32(31)50-12-10-42)27(44)19-7-2-1-6-18(19)26(21)43/h1-9,11,13,16,23,28-30,35,42,45-47H,10,12,14-15H2,(H2,37,40,48)/b11-9-/t16-,23-,28-,29+,30-,35+/m0/s1. The molecule has 5 aliphatic rings. The van der Waals surface area contributed by atoms with Gasteiger partial charge >= 0.3 is 5.91 Å². The van der Waals surface area contributed by atoms with E-state index in [-0.39, 0.29) is 76.7 Å². The highest BCUT2D eigenvalue weighted by atomic mass is 16.7. The number of ether oxygens (including phenoxy) is 4. The number of ketones is 2. The minimum atomic E-state index is -1.78. The number of benzene rings is 3. The average molecular weight is 710 g/mol. The monoisotopic (exact) mass is 709 g/mol. The first-order valence-electron chi connectivity index (χ1n) is 16.3. The Morgan fingerprint density at radius 2 is 1.65 bits per heavy atom. The molecule has 1 amide bonds. The van der Waals surface area contributed by atoms with Crippen LogP contribution in [0.1, 0.15) is 48.9 Å². The molecule has 1 saturated heterocycles. The normalized spacial score (nSPS) is 27.0. The van der Waals surface area contributed by atoms with E-state index in [0.29, 0.717) is 11.3 Å². The van der Waals surface area contributed by atoms with Gasteiger partial charge in [0, 0.05) is 33.9 Å². The number of carbonyl (C=O) groups excluding carboxylic acids is 3. The van der Waals surface area contributed by atoms with Crippen LogP contribution in [0, 0.1) is 0 Å². The van der Waals surface area contributed by atoms with E-state index in [0.717, 1.165) is 0 Å². The van der Waals surface area contributed by atoms with Crippen molar-refractivity contribution in [1.29, 1.82) is 0 Å². The number of carbonyl (C=O) groups is 3. The van der Waals surface area contributed by atoms with Crippen LogP contribution in [0.15, 0.2) is 81.9 Å². The van der Waals surface area contributed by atoms with Gasteiger partial charge in [-0.3, -0.25) is 19.4 Å². The molecule has 1 aliphatic carbocycles. The van der Waals surface area contributed by atoms with Gasteiger partial charge in [0.25, 0.3) is 0 Å². The molecule has 16 heteroatoms. The summed E-state index contributed by atoms with van der Waals surface area (Å²) in [7, 11) is 0. The van der Waals surface area contributed by atoms with Crippen molar-refractivity contribution in [3.05, 3.63) is 100 Å². The van der Waals surface area contributed by atoms with Crippen molar-refractivity contribution in [3.8, 4) is 11.5 Å². The number of anilines is 1. The van der Waals surface area contributed by atoms with Crippen LogP contribution in [0.3, 0.4) is 0 Å². The van der Waals surface area contributed by atoms with Crippen molar-refractivity contribution in [2.75, 3.05) is 31.4 Å². The molecule has 6 atom stereocenters. The SMILES string of the molecule is NC1=NC(=O)C2=NCN(c3ccccc3[C@@H]3/C=C\OC[C@@H]4O[C@H](Oc5c3cc3c(c5OCCO)C(=O)c5ccccc5C3=O)[C@@H](O)[C@H](O)[C@H]4O)C2=N1. The summed E-state index contributed by atoms with van der Waals surface area (Å²) in [5.74, 6) is -2.97. The maximum Gasteiger partial charge on any atom is 0.302 e. The fourth-order valence-corrected chi connectivity index (χ4v) is 6.95. The van der Waals surface area contributed by atoms with Gasteiger partial charge in [0.2, 0.25) is 12.2 Å². The highest BCUT2D eigenvalue weighted by Gasteiger charge is 2.47. The number of aliphatic hydroxyl groups is 4. The lowest BCUT2D eigenvalue weighted by Gasteiger charge is -2.40. The summed E-state index contributed by atoms with van der Waals surface area (Å²) in [6.07, 6.45) is -4.85. The van der Waals surface area contributed by atoms with Crippen LogP contribution in [0.25, 0.3) is 0 Å². The van der Waals surface area contributed by atoms with Gasteiger partial charge in [0.15, 0.2) is 34.6 Å². The molecule has 16 nitrogen and oxygen atoms in total. The molecule has 4 aliphatic heterocycles. The minimum Gasteiger partial charge on any atom is -0.499 e. The van der Waals surface area contributed by atoms with Gasteiger partial charge in [0.05, 0.1) is 18.4 Å². The number of nitrogens with zero attached hydrogens (tertiary/aromatic N) is 4. The number of nitrogens with two attached hydrogens (primary N) is 1. The number of para-hydroxylation sites is 1. The van der Waals surface area contributed by atoms with Crippen molar-refractivity contribution < 1.29 is 53.8 Å². The Hall–Kier alpha value is -5.78. The second-order valence-electron chi connectivity index (χ2n) is 12.4. The van der Waals surface area contributed by atoms with Crippen LogP contribution in [0.5, 0.6) is 11.5 Å². The summed E-state index contributed by atoms with van der Waals surface area (Å²) < 4.78 is 24.2. The number of hydrogen-bond donors (Lipinski definition) is 5. The fraction of sp³-hybridized carbons (Fsp3) is 0.278. The minimum absolute atomic E-state index is 0.00556. The lowest BCUT2D eigenvalue weighted by molar-refractivity contribution is -0.277. The van der Waals surface area contributed by atoms with Crippen molar-refractivity contribution in [1.82, 2.24) is 0 Å². The third-order valence-corrected chi connectivity index (χ3v) is 9.40. The van der Waals surface area contributed by atoms with Crippen LogP contribution in [0.4, 0.5) is 5.69 Å². The summed E-state index contributed by atoms with van der Waals surface area (Å²) in [5, 5.41) is 42.5. The molecule has 266 valence electrons. The molecule has 4 heterocycles. The van der Waals surface area contributed by atoms with Crippen LogP contribution in [-0.4, -0.2) is 113 Å². The van der Waals surface area contributed by atoms with Gasteiger partial charge in [-0.25, -0.2) is 0 Å². The molecule has 0 unspecified atom stereocenters. The van der Waals surface area contributed by atoms with Gasteiger partial charge in [-0.05, 0) is 23.8 Å². The zero-order chi connectivity index (χ0) is 36.3. The number of allylic oxidation sites excluding steroid dienone is 1. The summed E-state index contributed by atoms with van der Waals surface area (Å²) in [5.41, 5.74) is 7.34. The van der Waals surface area contributed by atoms with E-state index in [1.165, 1.54) is 18.4 Å². The third kappa shape index (κ3) is 5.35. The maximum absolute atomic E-state index is 14.2. The molecule has 0 radical (unpaired) electrons. The number of rotatable bonds is 5. The van der Waals surface area contributed by atoms with E-state index in [1.54, 1.807) is 53.4 Å². The molecule has 3 aromatic rings. The number of hydrogen-bond acceptors (Lipinski definition) is 15. The molecule has 1 fully saturated rings. The number of aliphatic hydroxyl groups excluding tert-OH is 4. The molecule has 0 aromatic heterocycles. The van der Waals surface area contributed by atoms with Gasteiger partial charge in [-0.2, -0.15) is 9.98 Å². The number of guanidine groups is 1. The first-order chi connectivity index (χ1) is 25.2. The Labute approximate surface area is 294 Å². The Balaban J connectivity index is 1.38. The Kier molecular flexibility index (Phi) is 8.39. The Morgan fingerprint density at radius 1 is 0.904 bits per heavy atom. The highest BCUT2D eigenvalue weighted by molar-refractivity contribution is 6.72. The molecule has 0 spiro atoms. The third-order valence-electron chi connectivity index (χ3n) is 9.40. The average Bonchev–Trinajstić information content (AvgIpc) is 3.56. The molecular formula is C36H31N5O11. The zero-order valence-corrected chi connectivity index (χ0v) is 27.2. The van der Waals surface area contributed by atoms with E-state index in [9.17, 15) is 34.8 Å². The zero-order valence-electron chi connectivity index (χ0n) is 27.2. The van der Waals surface area contributed by atoms with Gasteiger partial charge in [-0.15, -0.1) is 0 Å². The topological polar surface area (TPSA) is 235 Å². The van der Waals surface area contributed by atoms with Gasteiger partial charge < -0.3 is 50.0 Å². The molecule has 0 saturated carbocycles. The summed E-state index contributed by atoms with van der Waals surface area (Å²) >= 11 is 0. The van der Waals surface area contributed by atoms with Gasteiger partial charge in [0.1, 0.15) is 44.3 Å². The smallest absolute Gasteiger partial charge is 0.302 e. The molecule has 52 heavy (non-hydrogen) atoms.